The van der Waals surface area contributed by atoms with E-state index in [0.29, 0.717) is 11.4 Å². The van der Waals surface area contributed by atoms with Crippen molar-refractivity contribution in [2.75, 3.05) is 13.1 Å². The van der Waals surface area contributed by atoms with Crippen molar-refractivity contribution in [2.24, 2.45) is 7.05 Å². The van der Waals surface area contributed by atoms with E-state index in [1.807, 2.05) is 0 Å². The molecule has 0 radical (unpaired) electrons. The standard InChI is InChI=1S/C18H21ClF3N3O3S/c1-11-17(12(2)24(3)23-11)29(26,27)25-8-6-14(7-9-25)28-16-5-4-13(19)10-15(16)18(20,21)22/h4-5,10,14H,6-9H2,1-3H3. The number of hydrogen-bond donors (Lipinski definition) is 0. The van der Waals surface area contributed by atoms with Crippen molar-refractivity contribution in [1.29, 1.82) is 0 Å². The molecule has 3 rings (SSSR count). The minimum Gasteiger partial charge on any atom is -0.490 e. The van der Waals surface area contributed by atoms with Gasteiger partial charge in [-0.15, -0.1) is 0 Å². The number of rotatable bonds is 4. The summed E-state index contributed by atoms with van der Waals surface area (Å²) in [6.45, 7) is 3.61. The van der Waals surface area contributed by atoms with Crippen molar-refractivity contribution in [2.45, 2.75) is 43.9 Å². The van der Waals surface area contributed by atoms with Crippen LogP contribution in [0, 0.1) is 13.8 Å². The quantitative estimate of drug-likeness (QED) is 0.706. The summed E-state index contributed by atoms with van der Waals surface area (Å²) in [5.74, 6) is -0.304. The Hall–Kier alpha value is -1.78. The molecule has 1 aromatic carbocycles. The van der Waals surface area contributed by atoms with Crippen LogP contribution in [0.2, 0.25) is 5.02 Å². The summed E-state index contributed by atoms with van der Waals surface area (Å²) in [5, 5.41) is 4.12. The SMILES string of the molecule is Cc1nn(C)c(C)c1S(=O)(=O)N1CCC(Oc2ccc(Cl)cc2C(F)(F)F)CC1. The molecule has 6 nitrogen and oxygen atoms in total. The molecule has 1 aromatic heterocycles. The molecule has 1 aliphatic heterocycles. The smallest absolute Gasteiger partial charge is 0.420 e. The minimum atomic E-state index is -4.60. The number of sulfonamides is 1. The van der Waals surface area contributed by atoms with E-state index >= 15 is 0 Å². The Bertz CT molecular complexity index is 1010. The van der Waals surface area contributed by atoms with Crippen molar-refractivity contribution in [1.82, 2.24) is 14.1 Å². The number of piperidine rings is 1. The van der Waals surface area contributed by atoms with Crippen molar-refractivity contribution in [3.63, 3.8) is 0 Å². The molecular formula is C18H21ClF3N3O3S. The third-order valence-corrected chi connectivity index (χ3v) is 7.37. The first kappa shape index (κ1) is 21.9. The molecule has 0 amide bonds. The minimum absolute atomic E-state index is 0.0344. The van der Waals surface area contributed by atoms with Crippen LogP contribution in [-0.4, -0.2) is 41.7 Å². The molecule has 1 fully saturated rings. The highest BCUT2D eigenvalue weighted by atomic mass is 35.5. The second-order valence-electron chi connectivity index (χ2n) is 6.98. The highest BCUT2D eigenvalue weighted by Crippen LogP contribution is 2.39. The molecule has 2 heterocycles. The lowest BCUT2D eigenvalue weighted by atomic mass is 10.1. The number of benzene rings is 1. The van der Waals surface area contributed by atoms with Crippen molar-refractivity contribution < 1.29 is 26.3 Å². The Morgan fingerprint density at radius 1 is 1.21 bits per heavy atom. The summed E-state index contributed by atoms with van der Waals surface area (Å²) in [7, 11) is -2.07. The van der Waals surface area contributed by atoms with Crippen LogP contribution in [0.3, 0.4) is 0 Å². The van der Waals surface area contributed by atoms with E-state index in [-0.39, 0.29) is 41.6 Å². The maximum Gasteiger partial charge on any atom is 0.420 e. The van der Waals surface area contributed by atoms with Gasteiger partial charge >= 0.3 is 6.18 Å². The Morgan fingerprint density at radius 2 is 1.83 bits per heavy atom. The number of aromatic nitrogens is 2. The molecule has 0 N–H and O–H groups in total. The first-order valence-corrected chi connectivity index (χ1v) is 10.8. The topological polar surface area (TPSA) is 64.4 Å². The second-order valence-corrected chi connectivity index (χ2v) is 9.29. The lowest BCUT2D eigenvalue weighted by molar-refractivity contribution is -0.139. The summed E-state index contributed by atoms with van der Waals surface area (Å²) in [4.78, 5) is 0.177. The van der Waals surface area contributed by atoms with Gasteiger partial charge in [0.1, 0.15) is 16.7 Å². The fourth-order valence-electron chi connectivity index (χ4n) is 3.45. The van der Waals surface area contributed by atoms with Gasteiger partial charge in [-0.3, -0.25) is 4.68 Å². The monoisotopic (exact) mass is 451 g/mol. The summed E-state index contributed by atoms with van der Waals surface area (Å²) < 4.78 is 74.1. The molecule has 160 valence electrons. The fourth-order valence-corrected chi connectivity index (χ4v) is 5.49. The molecule has 0 unspecified atom stereocenters. The largest absolute Gasteiger partial charge is 0.490 e. The van der Waals surface area contributed by atoms with Crippen molar-refractivity contribution >= 4 is 21.6 Å². The maximum atomic E-state index is 13.2. The molecule has 1 aliphatic rings. The number of nitrogens with zero attached hydrogens (tertiary/aromatic N) is 3. The zero-order valence-electron chi connectivity index (χ0n) is 16.1. The molecular weight excluding hydrogens is 431 g/mol. The van der Waals surface area contributed by atoms with Crippen molar-refractivity contribution in [3.05, 3.63) is 40.2 Å². The van der Waals surface area contributed by atoms with E-state index in [1.165, 1.54) is 21.1 Å². The van der Waals surface area contributed by atoms with Crippen LogP contribution in [-0.2, 0) is 23.2 Å². The normalized spacial score (nSPS) is 16.9. The maximum absolute atomic E-state index is 13.2. The van der Waals surface area contributed by atoms with Gasteiger partial charge in [-0.25, -0.2) is 8.42 Å². The predicted octanol–water partition coefficient (Wildman–Crippen LogP) is 3.94. The van der Waals surface area contributed by atoms with Gasteiger partial charge in [0.25, 0.3) is 0 Å². The first-order chi connectivity index (χ1) is 13.4. The fraction of sp³-hybridized carbons (Fsp3) is 0.500. The van der Waals surface area contributed by atoms with E-state index in [2.05, 4.69) is 5.10 Å². The molecule has 1 saturated heterocycles. The average Bonchev–Trinajstić information content (AvgIpc) is 2.88. The predicted molar refractivity (Wildman–Crippen MR) is 102 cm³/mol. The summed E-state index contributed by atoms with van der Waals surface area (Å²) in [6, 6.07) is 3.35. The van der Waals surface area contributed by atoms with E-state index < -0.39 is 27.9 Å². The van der Waals surface area contributed by atoms with E-state index in [1.54, 1.807) is 20.9 Å². The lowest BCUT2D eigenvalue weighted by Crippen LogP contribution is -2.42. The van der Waals surface area contributed by atoms with Crippen LogP contribution in [0.1, 0.15) is 29.8 Å². The van der Waals surface area contributed by atoms with Gasteiger partial charge in [0, 0.05) is 25.2 Å². The van der Waals surface area contributed by atoms with Crippen LogP contribution in [0.25, 0.3) is 0 Å². The molecule has 2 aromatic rings. The number of alkyl halides is 3. The molecule has 29 heavy (non-hydrogen) atoms. The molecule has 0 saturated carbocycles. The molecule has 0 spiro atoms. The zero-order valence-corrected chi connectivity index (χ0v) is 17.7. The average molecular weight is 452 g/mol. The van der Waals surface area contributed by atoms with Gasteiger partial charge in [-0.1, -0.05) is 11.6 Å². The number of hydrogen-bond acceptors (Lipinski definition) is 4. The van der Waals surface area contributed by atoms with Gasteiger partial charge in [0.2, 0.25) is 10.0 Å². The van der Waals surface area contributed by atoms with E-state index in [0.717, 1.165) is 6.07 Å². The lowest BCUT2D eigenvalue weighted by Gasteiger charge is -2.32. The molecule has 0 aliphatic carbocycles. The zero-order chi connectivity index (χ0) is 21.6. The highest BCUT2D eigenvalue weighted by Gasteiger charge is 2.37. The van der Waals surface area contributed by atoms with E-state index in [4.69, 9.17) is 16.3 Å². The highest BCUT2D eigenvalue weighted by molar-refractivity contribution is 7.89. The third kappa shape index (κ3) is 4.39. The third-order valence-electron chi connectivity index (χ3n) is 4.98. The Kier molecular flexibility index (Phi) is 5.90. The number of aryl methyl sites for hydroxylation is 2. The first-order valence-electron chi connectivity index (χ1n) is 8.95. The van der Waals surface area contributed by atoms with Gasteiger partial charge in [0.05, 0.1) is 17.0 Å². The van der Waals surface area contributed by atoms with Crippen LogP contribution in [0.15, 0.2) is 23.1 Å². The summed E-state index contributed by atoms with van der Waals surface area (Å²) >= 11 is 5.68. The second kappa shape index (κ2) is 7.81. The molecule has 0 bridgehead atoms. The van der Waals surface area contributed by atoms with Crippen LogP contribution >= 0.6 is 11.6 Å². The molecule has 0 atom stereocenters. The Morgan fingerprint density at radius 3 is 2.34 bits per heavy atom. The summed E-state index contributed by atoms with van der Waals surface area (Å²) in [6.07, 6.45) is -4.57. The van der Waals surface area contributed by atoms with Crippen LogP contribution in [0.4, 0.5) is 13.2 Å². The Balaban J connectivity index is 1.73. The summed E-state index contributed by atoms with van der Waals surface area (Å²) in [5.41, 5.74) is 0.0119. The Labute approximate surface area is 172 Å². The van der Waals surface area contributed by atoms with E-state index in [9.17, 15) is 21.6 Å². The van der Waals surface area contributed by atoms with Gasteiger partial charge in [-0.2, -0.15) is 22.6 Å². The van der Waals surface area contributed by atoms with Crippen LogP contribution < -0.4 is 4.74 Å². The van der Waals surface area contributed by atoms with Gasteiger partial charge < -0.3 is 4.74 Å². The number of halogens is 4. The van der Waals surface area contributed by atoms with Crippen LogP contribution in [0.5, 0.6) is 5.75 Å². The molecule has 11 heteroatoms. The number of ether oxygens (including phenoxy) is 1. The van der Waals surface area contributed by atoms with Gasteiger partial charge in [0.15, 0.2) is 0 Å². The van der Waals surface area contributed by atoms with Crippen molar-refractivity contribution in [3.8, 4) is 5.75 Å². The van der Waals surface area contributed by atoms with Gasteiger partial charge in [-0.05, 0) is 44.9 Å².